The van der Waals surface area contributed by atoms with Gasteiger partial charge in [0.05, 0.1) is 5.54 Å². The third kappa shape index (κ3) is 2.00. The van der Waals surface area contributed by atoms with Gasteiger partial charge in [-0.3, -0.25) is 0 Å². The number of benzene rings is 3. The predicted molar refractivity (Wildman–Crippen MR) is 98.9 cm³/mol. The van der Waals surface area contributed by atoms with E-state index < -0.39 is 0 Å². The maximum Gasteiger partial charge on any atom is 0.0672 e. The van der Waals surface area contributed by atoms with Crippen LogP contribution in [0.1, 0.15) is 25.8 Å². The molecule has 0 radical (unpaired) electrons. The number of hydrogen-bond acceptors (Lipinski definition) is 0. The fourth-order valence-electron chi connectivity index (χ4n) is 3.74. The molecule has 0 fully saturated rings. The topological polar surface area (TPSA) is 4.93 Å². The van der Waals surface area contributed by atoms with Gasteiger partial charge in [0.1, 0.15) is 0 Å². The Labute approximate surface area is 137 Å². The van der Waals surface area contributed by atoms with Crippen molar-refractivity contribution in [3.8, 4) is 0 Å². The van der Waals surface area contributed by atoms with Gasteiger partial charge < -0.3 is 4.57 Å². The average molecular weight is 299 g/mol. The molecule has 3 aromatic carbocycles. The molecule has 0 amide bonds. The van der Waals surface area contributed by atoms with E-state index in [4.69, 9.17) is 0 Å². The average Bonchev–Trinajstić information content (AvgIpc) is 2.97. The Morgan fingerprint density at radius 2 is 1.17 bits per heavy atom. The molecule has 1 unspecified atom stereocenters. The van der Waals surface area contributed by atoms with Crippen LogP contribution in [-0.4, -0.2) is 4.57 Å². The summed E-state index contributed by atoms with van der Waals surface area (Å²) in [6, 6.07) is 28.3. The van der Waals surface area contributed by atoms with E-state index in [2.05, 4.69) is 97.3 Å². The Morgan fingerprint density at radius 3 is 1.70 bits per heavy atom. The normalized spacial score (nSPS) is 14.2. The Morgan fingerprint density at radius 1 is 0.696 bits per heavy atom. The minimum atomic E-state index is -0.0655. The van der Waals surface area contributed by atoms with Crippen LogP contribution in [0, 0.1) is 0 Å². The molecular weight excluding hydrogens is 278 g/mol. The summed E-state index contributed by atoms with van der Waals surface area (Å²) in [4.78, 5) is 0. The molecule has 1 atom stereocenters. The third-order valence-corrected chi connectivity index (χ3v) is 5.16. The summed E-state index contributed by atoms with van der Waals surface area (Å²) in [5, 5.41) is 2.66. The second-order valence-electron chi connectivity index (χ2n) is 6.36. The number of hydrogen-bond donors (Lipinski definition) is 0. The lowest BCUT2D eigenvalue weighted by Crippen LogP contribution is -2.30. The summed E-state index contributed by atoms with van der Waals surface area (Å²) in [5.74, 6) is 0. The van der Waals surface area contributed by atoms with E-state index in [1.807, 2.05) is 0 Å². The van der Waals surface area contributed by atoms with Crippen molar-refractivity contribution in [2.24, 2.45) is 0 Å². The summed E-state index contributed by atoms with van der Waals surface area (Å²) in [6.07, 6.45) is 1.04. The number of rotatable bonds is 3. The van der Waals surface area contributed by atoms with Crippen LogP contribution in [0.15, 0.2) is 78.9 Å². The van der Waals surface area contributed by atoms with Crippen LogP contribution in [-0.2, 0) is 5.54 Å². The monoisotopic (exact) mass is 299 g/mol. The summed E-state index contributed by atoms with van der Waals surface area (Å²) in [6.45, 7) is 4.62. The zero-order valence-corrected chi connectivity index (χ0v) is 13.7. The summed E-state index contributed by atoms with van der Waals surface area (Å²) in [7, 11) is 0. The Kier molecular flexibility index (Phi) is 3.23. The highest BCUT2D eigenvalue weighted by atomic mass is 15.1. The van der Waals surface area contributed by atoms with Crippen LogP contribution in [0.5, 0.6) is 0 Å². The van der Waals surface area contributed by atoms with Crippen molar-refractivity contribution in [1.29, 1.82) is 0 Å². The first kappa shape index (κ1) is 14.1. The van der Waals surface area contributed by atoms with Gasteiger partial charge in [-0.1, -0.05) is 73.7 Å². The first-order valence-electron chi connectivity index (χ1n) is 8.30. The van der Waals surface area contributed by atoms with Gasteiger partial charge >= 0.3 is 0 Å². The Hall–Kier alpha value is -2.54. The molecule has 0 spiro atoms. The first-order valence-corrected chi connectivity index (χ1v) is 8.30. The van der Waals surface area contributed by atoms with Crippen LogP contribution in [0.2, 0.25) is 0 Å². The highest BCUT2D eigenvalue weighted by molar-refractivity contribution is 6.08. The van der Waals surface area contributed by atoms with E-state index in [1.54, 1.807) is 0 Å². The molecule has 23 heavy (non-hydrogen) atoms. The predicted octanol–water partition coefficient (Wildman–Crippen LogP) is 5.97. The minimum absolute atomic E-state index is 0.0655. The highest BCUT2D eigenvalue weighted by Crippen LogP contribution is 2.39. The Bertz CT molecular complexity index is 912. The molecule has 0 aliphatic rings. The zero-order chi connectivity index (χ0) is 15.9. The second kappa shape index (κ2) is 5.27. The van der Waals surface area contributed by atoms with Gasteiger partial charge in [0.2, 0.25) is 0 Å². The third-order valence-electron chi connectivity index (χ3n) is 5.16. The second-order valence-corrected chi connectivity index (χ2v) is 6.36. The van der Waals surface area contributed by atoms with E-state index in [-0.39, 0.29) is 5.54 Å². The number of para-hydroxylation sites is 2. The van der Waals surface area contributed by atoms with Crippen molar-refractivity contribution in [3.05, 3.63) is 84.4 Å². The lowest BCUT2D eigenvalue weighted by Gasteiger charge is -2.33. The molecule has 1 nitrogen and oxygen atoms in total. The molecule has 1 aromatic heterocycles. The fourth-order valence-corrected chi connectivity index (χ4v) is 3.74. The summed E-state index contributed by atoms with van der Waals surface area (Å²) in [5.41, 5.74) is 3.90. The molecule has 0 saturated carbocycles. The van der Waals surface area contributed by atoms with Crippen molar-refractivity contribution >= 4 is 21.8 Å². The molecule has 0 N–H and O–H groups in total. The molecule has 1 heterocycles. The molecule has 0 aliphatic heterocycles. The Balaban J connectivity index is 2.14. The maximum atomic E-state index is 2.52. The molecule has 0 saturated heterocycles. The van der Waals surface area contributed by atoms with E-state index in [9.17, 15) is 0 Å². The van der Waals surface area contributed by atoms with E-state index in [0.29, 0.717) is 0 Å². The van der Waals surface area contributed by atoms with Crippen molar-refractivity contribution in [1.82, 2.24) is 4.57 Å². The van der Waals surface area contributed by atoms with E-state index >= 15 is 0 Å². The van der Waals surface area contributed by atoms with Gasteiger partial charge in [-0.15, -0.1) is 0 Å². The maximum absolute atomic E-state index is 2.52. The zero-order valence-electron chi connectivity index (χ0n) is 13.7. The summed E-state index contributed by atoms with van der Waals surface area (Å²) >= 11 is 0. The quantitative estimate of drug-likeness (QED) is 0.439. The summed E-state index contributed by atoms with van der Waals surface area (Å²) < 4.78 is 2.52. The molecule has 4 aromatic rings. The van der Waals surface area contributed by atoms with Crippen LogP contribution >= 0.6 is 0 Å². The standard InChI is InChI=1S/C22H21N/c1-3-22(2,17-11-5-4-6-12-17)23-20-15-9-7-13-18(20)19-14-8-10-16-21(19)23/h4-16H,3H2,1-2H3. The van der Waals surface area contributed by atoms with E-state index in [0.717, 1.165) is 6.42 Å². The lowest BCUT2D eigenvalue weighted by molar-refractivity contribution is 0.402. The molecule has 4 rings (SSSR count). The van der Waals surface area contributed by atoms with Gasteiger partial charge in [-0.2, -0.15) is 0 Å². The smallest absolute Gasteiger partial charge is 0.0672 e. The van der Waals surface area contributed by atoms with E-state index in [1.165, 1.54) is 27.4 Å². The van der Waals surface area contributed by atoms with Gasteiger partial charge in [-0.05, 0) is 31.0 Å². The molecule has 0 bridgehead atoms. The molecule has 1 heteroatoms. The van der Waals surface area contributed by atoms with Crippen LogP contribution in [0.3, 0.4) is 0 Å². The highest BCUT2D eigenvalue weighted by Gasteiger charge is 2.29. The van der Waals surface area contributed by atoms with Crippen molar-refractivity contribution < 1.29 is 0 Å². The number of fused-ring (bicyclic) bond motifs is 3. The van der Waals surface area contributed by atoms with Crippen LogP contribution in [0.4, 0.5) is 0 Å². The molecule has 0 aliphatic carbocycles. The molecule has 114 valence electrons. The van der Waals surface area contributed by atoms with Gasteiger partial charge in [0.25, 0.3) is 0 Å². The van der Waals surface area contributed by atoms with Crippen molar-refractivity contribution in [2.75, 3.05) is 0 Å². The van der Waals surface area contributed by atoms with Gasteiger partial charge in [0, 0.05) is 21.8 Å². The van der Waals surface area contributed by atoms with Gasteiger partial charge in [-0.25, -0.2) is 0 Å². The molecular formula is C22H21N. The minimum Gasteiger partial charge on any atom is -0.330 e. The lowest BCUT2D eigenvalue weighted by atomic mass is 9.88. The number of nitrogens with zero attached hydrogens (tertiary/aromatic N) is 1. The van der Waals surface area contributed by atoms with Crippen LogP contribution < -0.4 is 0 Å². The number of aromatic nitrogens is 1. The van der Waals surface area contributed by atoms with Crippen molar-refractivity contribution in [2.45, 2.75) is 25.8 Å². The van der Waals surface area contributed by atoms with Crippen LogP contribution in [0.25, 0.3) is 21.8 Å². The van der Waals surface area contributed by atoms with Gasteiger partial charge in [0.15, 0.2) is 0 Å². The fraction of sp³-hybridized carbons (Fsp3) is 0.182. The first-order chi connectivity index (χ1) is 11.3. The van der Waals surface area contributed by atoms with Crippen molar-refractivity contribution in [3.63, 3.8) is 0 Å². The SMILES string of the molecule is CCC(C)(c1ccccc1)n1c2ccccc2c2ccccc21. The largest absolute Gasteiger partial charge is 0.330 e.